The van der Waals surface area contributed by atoms with Crippen molar-refractivity contribution in [2.45, 2.75) is 26.7 Å². The molecule has 0 unspecified atom stereocenters. The minimum atomic E-state index is 0.295. The van der Waals surface area contributed by atoms with Crippen molar-refractivity contribution in [3.8, 4) is 0 Å². The van der Waals surface area contributed by atoms with Crippen LogP contribution in [0.5, 0.6) is 0 Å². The van der Waals surface area contributed by atoms with Crippen LogP contribution in [0.3, 0.4) is 0 Å². The van der Waals surface area contributed by atoms with Crippen molar-refractivity contribution in [2.75, 3.05) is 17.6 Å². The second-order valence-electron chi connectivity index (χ2n) is 4.72. The second kappa shape index (κ2) is 6.09. The summed E-state index contributed by atoms with van der Waals surface area (Å²) in [5, 5.41) is 7.97. The summed E-state index contributed by atoms with van der Waals surface area (Å²) in [5.41, 5.74) is 9.24. The Labute approximate surface area is 123 Å². The third-order valence-corrected chi connectivity index (χ3v) is 3.74. The molecule has 108 valence electrons. The Morgan fingerprint density at radius 1 is 1.35 bits per heavy atom. The van der Waals surface area contributed by atoms with Crippen molar-refractivity contribution in [2.24, 2.45) is 7.05 Å². The number of rotatable bonds is 5. The van der Waals surface area contributed by atoms with Gasteiger partial charge < -0.3 is 11.1 Å². The van der Waals surface area contributed by atoms with Crippen LogP contribution in [0.15, 0.2) is 6.33 Å². The van der Waals surface area contributed by atoms with E-state index in [1.807, 2.05) is 18.7 Å². The molecule has 0 fully saturated rings. The summed E-state index contributed by atoms with van der Waals surface area (Å²) < 4.78 is 1.92. The average Bonchev–Trinajstić information content (AvgIpc) is 2.65. The van der Waals surface area contributed by atoms with Gasteiger partial charge in [0, 0.05) is 19.3 Å². The highest BCUT2D eigenvalue weighted by Gasteiger charge is 2.09. The molecule has 7 heteroatoms. The summed E-state index contributed by atoms with van der Waals surface area (Å²) in [6.07, 6.45) is 3.34. The van der Waals surface area contributed by atoms with Crippen LogP contribution in [-0.4, -0.2) is 26.3 Å². The van der Waals surface area contributed by atoms with Gasteiger partial charge in [-0.1, -0.05) is 11.6 Å². The summed E-state index contributed by atoms with van der Waals surface area (Å²) in [5.74, 6) is 0.877. The lowest BCUT2D eigenvalue weighted by atomic mass is 10.1. The topological polar surface area (TPSA) is 81.7 Å². The Kier molecular flexibility index (Phi) is 4.44. The molecule has 0 amide bonds. The molecule has 6 nitrogen and oxygen atoms in total. The number of aromatic nitrogens is 4. The molecule has 0 saturated heterocycles. The van der Waals surface area contributed by atoms with E-state index in [1.54, 1.807) is 0 Å². The van der Waals surface area contributed by atoms with Gasteiger partial charge in [-0.2, -0.15) is 5.10 Å². The fraction of sp³-hybridized carbons (Fsp3) is 0.462. The molecule has 20 heavy (non-hydrogen) atoms. The molecular formula is C13H19ClN6. The SMILES string of the molecule is Cc1nn(C)c(C)c1CCCNc1ncnc(N)c1Cl. The zero-order chi connectivity index (χ0) is 14.7. The summed E-state index contributed by atoms with van der Waals surface area (Å²) >= 11 is 6.02. The number of anilines is 2. The van der Waals surface area contributed by atoms with Crippen molar-refractivity contribution in [1.29, 1.82) is 0 Å². The van der Waals surface area contributed by atoms with E-state index in [9.17, 15) is 0 Å². The van der Waals surface area contributed by atoms with E-state index in [1.165, 1.54) is 17.6 Å². The third-order valence-electron chi connectivity index (χ3n) is 3.37. The molecule has 0 aliphatic heterocycles. The number of nitrogens with one attached hydrogen (secondary N) is 1. The zero-order valence-corrected chi connectivity index (χ0v) is 12.7. The molecule has 0 aliphatic carbocycles. The van der Waals surface area contributed by atoms with Gasteiger partial charge in [-0.25, -0.2) is 9.97 Å². The highest BCUT2D eigenvalue weighted by Crippen LogP contribution is 2.23. The maximum absolute atomic E-state index is 6.02. The molecule has 0 atom stereocenters. The van der Waals surface area contributed by atoms with E-state index in [-0.39, 0.29) is 0 Å². The number of hydrogen-bond donors (Lipinski definition) is 2. The number of nitrogen functional groups attached to an aromatic ring is 1. The van der Waals surface area contributed by atoms with Crippen LogP contribution < -0.4 is 11.1 Å². The molecule has 0 spiro atoms. The molecule has 2 aromatic heterocycles. The Hall–Kier alpha value is -1.82. The largest absolute Gasteiger partial charge is 0.382 e. The van der Waals surface area contributed by atoms with Crippen molar-refractivity contribution in [3.63, 3.8) is 0 Å². The van der Waals surface area contributed by atoms with Gasteiger partial charge in [0.1, 0.15) is 23.0 Å². The van der Waals surface area contributed by atoms with Crippen LogP contribution in [0, 0.1) is 13.8 Å². The van der Waals surface area contributed by atoms with Crippen LogP contribution in [0.4, 0.5) is 11.6 Å². The van der Waals surface area contributed by atoms with Gasteiger partial charge in [0.05, 0.1) is 5.69 Å². The summed E-state index contributed by atoms with van der Waals surface area (Å²) in [7, 11) is 1.97. The number of aryl methyl sites for hydroxylation is 2. The first-order chi connectivity index (χ1) is 9.50. The van der Waals surface area contributed by atoms with Crippen LogP contribution in [0.1, 0.15) is 23.4 Å². The lowest BCUT2D eigenvalue weighted by Gasteiger charge is -2.08. The molecular weight excluding hydrogens is 276 g/mol. The second-order valence-corrected chi connectivity index (χ2v) is 5.10. The predicted octanol–water partition coefficient (Wildman–Crippen LogP) is 2.11. The van der Waals surface area contributed by atoms with Gasteiger partial charge in [-0.15, -0.1) is 0 Å². The number of nitrogens with two attached hydrogens (primary N) is 1. The van der Waals surface area contributed by atoms with E-state index in [0.717, 1.165) is 25.1 Å². The first-order valence-corrected chi connectivity index (χ1v) is 6.87. The van der Waals surface area contributed by atoms with Crippen LogP contribution in [-0.2, 0) is 13.5 Å². The summed E-state index contributed by atoms with van der Waals surface area (Å²) in [6, 6.07) is 0. The normalized spacial score (nSPS) is 10.8. The number of halogens is 1. The lowest BCUT2D eigenvalue weighted by molar-refractivity contribution is 0.729. The van der Waals surface area contributed by atoms with E-state index in [2.05, 4.69) is 27.3 Å². The smallest absolute Gasteiger partial charge is 0.150 e. The molecule has 0 aliphatic rings. The first kappa shape index (κ1) is 14.6. The molecule has 2 aromatic rings. The van der Waals surface area contributed by atoms with Crippen molar-refractivity contribution in [1.82, 2.24) is 19.7 Å². The third kappa shape index (κ3) is 3.01. The van der Waals surface area contributed by atoms with Gasteiger partial charge in [-0.05, 0) is 32.3 Å². The summed E-state index contributed by atoms with van der Waals surface area (Å²) in [6.45, 7) is 4.90. The van der Waals surface area contributed by atoms with Crippen molar-refractivity contribution in [3.05, 3.63) is 28.3 Å². The minimum Gasteiger partial charge on any atom is -0.382 e. The van der Waals surface area contributed by atoms with Gasteiger partial charge in [0.2, 0.25) is 0 Å². The lowest BCUT2D eigenvalue weighted by Crippen LogP contribution is -2.07. The van der Waals surface area contributed by atoms with Gasteiger partial charge >= 0.3 is 0 Å². The Bertz CT molecular complexity index is 607. The highest BCUT2D eigenvalue weighted by molar-refractivity contribution is 6.35. The molecule has 0 aromatic carbocycles. The molecule has 0 saturated carbocycles. The highest BCUT2D eigenvalue weighted by atomic mass is 35.5. The van der Waals surface area contributed by atoms with Crippen molar-refractivity contribution >= 4 is 23.2 Å². The van der Waals surface area contributed by atoms with Gasteiger partial charge in [0.15, 0.2) is 0 Å². The van der Waals surface area contributed by atoms with Gasteiger partial charge in [-0.3, -0.25) is 4.68 Å². The standard InChI is InChI=1S/C13H19ClN6/c1-8-10(9(2)20(3)19-8)5-4-6-16-13-11(14)12(15)17-7-18-13/h7H,4-6H2,1-3H3,(H3,15,16,17,18). The summed E-state index contributed by atoms with van der Waals surface area (Å²) in [4.78, 5) is 7.90. The zero-order valence-electron chi connectivity index (χ0n) is 11.9. The van der Waals surface area contributed by atoms with E-state index < -0.39 is 0 Å². The van der Waals surface area contributed by atoms with E-state index >= 15 is 0 Å². The molecule has 0 radical (unpaired) electrons. The predicted molar refractivity (Wildman–Crippen MR) is 80.9 cm³/mol. The number of nitrogens with zero attached hydrogens (tertiary/aromatic N) is 4. The molecule has 3 N–H and O–H groups in total. The van der Waals surface area contributed by atoms with E-state index in [0.29, 0.717) is 16.7 Å². The first-order valence-electron chi connectivity index (χ1n) is 6.49. The molecule has 0 bridgehead atoms. The monoisotopic (exact) mass is 294 g/mol. The average molecular weight is 295 g/mol. The Balaban J connectivity index is 1.89. The maximum atomic E-state index is 6.02. The van der Waals surface area contributed by atoms with Crippen LogP contribution in [0.2, 0.25) is 5.02 Å². The van der Waals surface area contributed by atoms with Gasteiger partial charge in [0.25, 0.3) is 0 Å². The minimum absolute atomic E-state index is 0.295. The van der Waals surface area contributed by atoms with Crippen LogP contribution in [0.25, 0.3) is 0 Å². The molecule has 2 heterocycles. The molecule has 2 rings (SSSR count). The Morgan fingerprint density at radius 3 is 2.75 bits per heavy atom. The van der Waals surface area contributed by atoms with Crippen molar-refractivity contribution < 1.29 is 0 Å². The fourth-order valence-electron chi connectivity index (χ4n) is 2.16. The van der Waals surface area contributed by atoms with Crippen LogP contribution >= 0.6 is 11.6 Å². The van der Waals surface area contributed by atoms with E-state index in [4.69, 9.17) is 17.3 Å². The quantitative estimate of drug-likeness (QED) is 0.825. The maximum Gasteiger partial charge on any atom is 0.150 e. The number of hydrogen-bond acceptors (Lipinski definition) is 5. The fourth-order valence-corrected chi connectivity index (χ4v) is 2.32. The Morgan fingerprint density at radius 2 is 2.10 bits per heavy atom.